The van der Waals surface area contributed by atoms with E-state index in [-0.39, 0.29) is 35.6 Å². The number of carbonyl (C=O) groups excluding carboxylic acids is 2. The Kier molecular flexibility index (Phi) is 8.36. The normalized spacial score (nSPS) is 22.7. The van der Waals surface area contributed by atoms with Crippen LogP contribution in [0.2, 0.25) is 0 Å². The molecule has 4 unspecified atom stereocenters. The van der Waals surface area contributed by atoms with E-state index in [4.69, 9.17) is 9.47 Å². The van der Waals surface area contributed by atoms with Crippen LogP contribution in [0.15, 0.2) is 48.5 Å². The maximum atomic E-state index is 12.4. The molecule has 0 aromatic heterocycles. The van der Waals surface area contributed by atoms with Crippen LogP contribution in [0.3, 0.4) is 0 Å². The van der Waals surface area contributed by atoms with Gasteiger partial charge in [0, 0.05) is 0 Å². The molecule has 4 atom stereocenters. The van der Waals surface area contributed by atoms with Crippen molar-refractivity contribution >= 4 is 11.9 Å². The molecule has 4 rings (SSSR count). The smallest absolute Gasteiger partial charge is 0.416 e. The maximum absolute atomic E-state index is 12.4. The van der Waals surface area contributed by atoms with Crippen molar-refractivity contribution in [1.29, 1.82) is 0 Å². The number of alkyl halides is 6. The molecular formula is C26H26F6O4. The Bertz CT molecular complexity index is 959. The second kappa shape index (κ2) is 10.9. The van der Waals surface area contributed by atoms with Crippen LogP contribution in [0.1, 0.15) is 60.8 Å². The van der Waals surface area contributed by atoms with E-state index in [9.17, 15) is 35.9 Å². The fourth-order valence-electron chi connectivity index (χ4n) is 3.98. The molecule has 0 amide bonds. The van der Waals surface area contributed by atoms with Gasteiger partial charge in [-0.3, -0.25) is 9.59 Å². The van der Waals surface area contributed by atoms with E-state index in [1.54, 1.807) is 13.8 Å². The van der Waals surface area contributed by atoms with Crippen molar-refractivity contribution in [2.24, 2.45) is 11.8 Å². The number of halogens is 6. The van der Waals surface area contributed by atoms with Gasteiger partial charge in [-0.25, -0.2) is 0 Å². The van der Waals surface area contributed by atoms with Gasteiger partial charge in [0.15, 0.2) is 0 Å². The van der Waals surface area contributed by atoms with Gasteiger partial charge in [-0.1, -0.05) is 24.3 Å². The standard InChI is InChI=1S/2C13H13F3O2/c2*1-2-18-12(17)11-7-10(11)8-3-5-9(6-4-8)13(14,15)16/h2*3-6,10-11H,2,7H2,1H3. The van der Waals surface area contributed by atoms with Crippen LogP contribution >= 0.6 is 0 Å². The van der Waals surface area contributed by atoms with Crippen LogP contribution in [0.4, 0.5) is 26.3 Å². The van der Waals surface area contributed by atoms with Gasteiger partial charge in [-0.05, 0) is 73.9 Å². The zero-order valence-corrected chi connectivity index (χ0v) is 19.7. The largest absolute Gasteiger partial charge is 0.466 e. The fraction of sp³-hybridized carbons (Fsp3) is 0.462. The number of hydrogen-bond donors (Lipinski definition) is 0. The van der Waals surface area contributed by atoms with Crippen LogP contribution in [-0.4, -0.2) is 25.2 Å². The van der Waals surface area contributed by atoms with Crippen molar-refractivity contribution in [3.8, 4) is 0 Å². The molecule has 36 heavy (non-hydrogen) atoms. The molecule has 10 heteroatoms. The van der Waals surface area contributed by atoms with Crippen LogP contribution in [0.5, 0.6) is 0 Å². The summed E-state index contributed by atoms with van der Waals surface area (Å²) in [5.41, 5.74) is 0.196. The molecule has 2 aliphatic carbocycles. The minimum atomic E-state index is -4.32. The van der Waals surface area contributed by atoms with E-state index >= 15 is 0 Å². The average Bonchev–Trinajstić information content (AvgIpc) is 3.73. The molecule has 0 saturated heterocycles. The van der Waals surface area contributed by atoms with E-state index < -0.39 is 23.5 Å². The summed E-state index contributed by atoms with van der Waals surface area (Å²) in [6.07, 6.45) is -7.32. The molecule has 2 aromatic carbocycles. The van der Waals surface area contributed by atoms with Gasteiger partial charge in [-0.15, -0.1) is 0 Å². The van der Waals surface area contributed by atoms with Crippen molar-refractivity contribution in [2.75, 3.05) is 13.2 Å². The molecular weight excluding hydrogens is 490 g/mol. The Morgan fingerprint density at radius 2 is 0.972 bits per heavy atom. The fourth-order valence-corrected chi connectivity index (χ4v) is 3.98. The first-order valence-electron chi connectivity index (χ1n) is 11.5. The van der Waals surface area contributed by atoms with E-state index in [0.717, 1.165) is 35.4 Å². The maximum Gasteiger partial charge on any atom is 0.416 e. The second-order valence-corrected chi connectivity index (χ2v) is 8.64. The molecule has 4 nitrogen and oxygen atoms in total. The van der Waals surface area contributed by atoms with Gasteiger partial charge >= 0.3 is 24.3 Å². The molecule has 0 N–H and O–H groups in total. The molecule has 0 bridgehead atoms. The summed E-state index contributed by atoms with van der Waals surface area (Å²) >= 11 is 0. The number of hydrogen-bond acceptors (Lipinski definition) is 4. The lowest BCUT2D eigenvalue weighted by atomic mass is 10.1. The highest BCUT2D eigenvalue weighted by molar-refractivity contribution is 5.77. The Morgan fingerprint density at radius 1 is 0.667 bits per heavy atom. The number of rotatable bonds is 6. The summed E-state index contributed by atoms with van der Waals surface area (Å²) in [6.45, 7) is 4.12. The molecule has 0 aliphatic heterocycles. The zero-order valence-electron chi connectivity index (χ0n) is 19.7. The third kappa shape index (κ3) is 7.01. The van der Waals surface area contributed by atoms with Crippen LogP contribution < -0.4 is 0 Å². The summed E-state index contributed by atoms with van der Waals surface area (Å²) in [4.78, 5) is 22.8. The Morgan fingerprint density at radius 3 is 1.22 bits per heavy atom. The molecule has 0 spiro atoms. The van der Waals surface area contributed by atoms with Crippen LogP contribution in [0.25, 0.3) is 0 Å². The summed E-state index contributed by atoms with van der Waals surface area (Å²) in [7, 11) is 0. The third-order valence-electron chi connectivity index (χ3n) is 6.09. The lowest BCUT2D eigenvalue weighted by Gasteiger charge is -2.07. The van der Waals surface area contributed by atoms with Gasteiger partial charge in [0.25, 0.3) is 0 Å². The third-order valence-corrected chi connectivity index (χ3v) is 6.09. The number of benzene rings is 2. The Balaban J connectivity index is 0.000000201. The van der Waals surface area contributed by atoms with E-state index in [0.29, 0.717) is 26.1 Å². The topological polar surface area (TPSA) is 52.6 Å². The lowest BCUT2D eigenvalue weighted by Crippen LogP contribution is -2.07. The van der Waals surface area contributed by atoms with Crippen molar-refractivity contribution in [2.45, 2.75) is 50.9 Å². The Hall–Kier alpha value is -3.04. The summed E-state index contributed by atoms with van der Waals surface area (Å²) < 4.78 is 84.0. The SMILES string of the molecule is CCOC(=O)C1CC1c1ccc(C(F)(F)F)cc1.CCOC(=O)C1CC1c1ccc(C(F)(F)F)cc1. The number of esters is 2. The van der Waals surface area contributed by atoms with Gasteiger partial charge in [0.1, 0.15) is 0 Å². The molecule has 0 radical (unpaired) electrons. The molecule has 2 fully saturated rings. The van der Waals surface area contributed by atoms with Crippen molar-refractivity contribution in [3.63, 3.8) is 0 Å². The second-order valence-electron chi connectivity index (χ2n) is 8.64. The molecule has 0 heterocycles. The average molecular weight is 516 g/mol. The van der Waals surface area contributed by atoms with Gasteiger partial charge in [0.05, 0.1) is 36.2 Å². The first-order valence-corrected chi connectivity index (χ1v) is 11.5. The van der Waals surface area contributed by atoms with E-state index in [1.165, 1.54) is 24.3 Å². The predicted octanol–water partition coefficient (Wildman–Crippen LogP) is 6.74. The van der Waals surface area contributed by atoms with Crippen molar-refractivity contribution in [3.05, 3.63) is 70.8 Å². The first kappa shape index (κ1) is 27.5. The highest BCUT2D eigenvalue weighted by Crippen LogP contribution is 2.49. The van der Waals surface area contributed by atoms with E-state index in [2.05, 4.69) is 0 Å². The van der Waals surface area contributed by atoms with Gasteiger partial charge < -0.3 is 9.47 Å². The minimum Gasteiger partial charge on any atom is -0.466 e. The van der Waals surface area contributed by atoms with Crippen LogP contribution in [0, 0.1) is 11.8 Å². The zero-order chi connectivity index (χ0) is 26.7. The molecule has 2 saturated carbocycles. The Labute approximate surface area is 204 Å². The molecule has 2 aliphatic rings. The van der Waals surface area contributed by atoms with Gasteiger partial charge in [0.2, 0.25) is 0 Å². The predicted molar refractivity (Wildman–Crippen MR) is 118 cm³/mol. The lowest BCUT2D eigenvalue weighted by molar-refractivity contribution is -0.145. The van der Waals surface area contributed by atoms with Crippen molar-refractivity contribution < 1.29 is 45.4 Å². The molecule has 2 aromatic rings. The number of carbonyl (C=O) groups is 2. The minimum absolute atomic E-state index is 0.00586. The number of ether oxygens (including phenoxy) is 2. The van der Waals surface area contributed by atoms with Crippen LogP contribution in [-0.2, 0) is 31.4 Å². The first-order chi connectivity index (χ1) is 16.9. The summed E-state index contributed by atoms with van der Waals surface area (Å²) in [5, 5.41) is 0. The quantitative estimate of drug-likeness (QED) is 0.315. The highest BCUT2D eigenvalue weighted by Gasteiger charge is 2.46. The molecule has 196 valence electrons. The van der Waals surface area contributed by atoms with E-state index in [1.807, 2.05) is 0 Å². The monoisotopic (exact) mass is 516 g/mol. The summed E-state index contributed by atoms with van der Waals surface area (Å²) in [6, 6.07) is 9.95. The van der Waals surface area contributed by atoms with Gasteiger partial charge in [-0.2, -0.15) is 26.3 Å². The highest BCUT2D eigenvalue weighted by atomic mass is 19.4. The van der Waals surface area contributed by atoms with Crippen molar-refractivity contribution in [1.82, 2.24) is 0 Å². The summed E-state index contributed by atoms with van der Waals surface area (Å²) in [5.74, 6) is -0.897.